The van der Waals surface area contributed by atoms with Gasteiger partial charge < -0.3 is 19.5 Å². The lowest BCUT2D eigenvalue weighted by Gasteiger charge is -2.35. The van der Waals surface area contributed by atoms with Crippen LogP contribution in [0.2, 0.25) is 5.02 Å². The quantitative estimate of drug-likeness (QED) is 0.630. The van der Waals surface area contributed by atoms with Crippen molar-refractivity contribution in [3.63, 3.8) is 0 Å². The fraction of sp³-hybridized carbons (Fsp3) is 0.600. The maximum atomic E-state index is 13.0. The summed E-state index contributed by atoms with van der Waals surface area (Å²) in [6, 6.07) is 3.22. The van der Waals surface area contributed by atoms with Crippen molar-refractivity contribution in [2.75, 3.05) is 32.3 Å². The van der Waals surface area contributed by atoms with Crippen LogP contribution in [0.15, 0.2) is 12.1 Å². The highest BCUT2D eigenvalue weighted by Crippen LogP contribution is 2.44. The van der Waals surface area contributed by atoms with E-state index in [9.17, 15) is 9.59 Å². The zero-order valence-electron chi connectivity index (χ0n) is 17.1. The van der Waals surface area contributed by atoms with Gasteiger partial charge in [0.15, 0.2) is 0 Å². The molecule has 0 spiro atoms. The van der Waals surface area contributed by atoms with Gasteiger partial charge in [0.1, 0.15) is 17.0 Å². The third kappa shape index (κ3) is 4.70. The number of ether oxygens (including phenoxy) is 3. The molecule has 2 amide bonds. The fourth-order valence-electron chi connectivity index (χ4n) is 3.27. The third-order valence-corrected chi connectivity index (χ3v) is 5.11. The Morgan fingerprint density at radius 1 is 1.29 bits per heavy atom. The van der Waals surface area contributed by atoms with E-state index >= 15 is 0 Å². The summed E-state index contributed by atoms with van der Waals surface area (Å²) in [6.45, 7) is 6.74. The number of hydrogen-bond donors (Lipinski definition) is 1. The average Bonchev–Trinajstić information content (AvgIpc) is 2.96. The first kappa shape index (κ1) is 22.3. The molecule has 1 aliphatic rings. The number of carbonyl (C=O) groups is 2. The van der Waals surface area contributed by atoms with Gasteiger partial charge in [0.2, 0.25) is 11.8 Å². The number of nitrogens with zero attached hydrogens (tertiary/aromatic N) is 1. The van der Waals surface area contributed by atoms with Gasteiger partial charge >= 0.3 is 0 Å². The molecule has 0 unspecified atom stereocenters. The van der Waals surface area contributed by atoms with E-state index in [4.69, 9.17) is 25.8 Å². The van der Waals surface area contributed by atoms with Gasteiger partial charge in [-0.2, -0.15) is 0 Å². The molecular weight excluding hydrogens is 384 g/mol. The van der Waals surface area contributed by atoms with Crippen LogP contribution in [0, 0.1) is 0 Å². The molecular formula is C20H29ClN2O5. The standard InChI is InChI=1S/C20H29ClN2O5/c1-13(2)28-10-6-9-22-19(25)20(3)8-7-18(24)23(20)15-11-14(21)16(26-4)12-17(15)27-5/h11-13H,6-10H2,1-5H3,(H,22,25)/t20-/m1/s1. The van der Waals surface area contributed by atoms with E-state index in [2.05, 4.69) is 5.32 Å². The molecule has 156 valence electrons. The lowest BCUT2D eigenvalue weighted by atomic mass is 9.96. The molecule has 0 bridgehead atoms. The molecule has 1 saturated heterocycles. The van der Waals surface area contributed by atoms with Crippen LogP contribution in [0.25, 0.3) is 0 Å². The van der Waals surface area contributed by atoms with E-state index in [1.165, 1.54) is 19.1 Å². The van der Waals surface area contributed by atoms with Crippen LogP contribution < -0.4 is 19.7 Å². The maximum Gasteiger partial charge on any atom is 0.246 e. The first-order valence-electron chi connectivity index (χ1n) is 9.39. The molecule has 1 aliphatic heterocycles. The maximum absolute atomic E-state index is 13.0. The van der Waals surface area contributed by atoms with E-state index in [0.717, 1.165) is 0 Å². The second-order valence-corrected chi connectivity index (χ2v) is 7.60. The summed E-state index contributed by atoms with van der Waals surface area (Å²) in [7, 11) is 3.00. The summed E-state index contributed by atoms with van der Waals surface area (Å²) in [5.41, 5.74) is -0.571. The predicted molar refractivity (Wildman–Crippen MR) is 108 cm³/mol. The molecule has 1 heterocycles. The Hall–Kier alpha value is -1.99. The van der Waals surface area contributed by atoms with Crippen molar-refractivity contribution in [2.45, 2.75) is 51.7 Å². The molecule has 7 nitrogen and oxygen atoms in total. The summed E-state index contributed by atoms with van der Waals surface area (Å²) in [5, 5.41) is 3.26. The molecule has 0 saturated carbocycles. The Morgan fingerprint density at radius 2 is 1.96 bits per heavy atom. The van der Waals surface area contributed by atoms with Crippen LogP contribution in [0.1, 0.15) is 40.0 Å². The fourth-order valence-corrected chi connectivity index (χ4v) is 3.50. The summed E-state index contributed by atoms with van der Waals surface area (Å²) in [6.07, 6.45) is 1.54. The molecule has 1 fully saturated rings. The topological polar surface area (TPSA) is 77.1 Å². The zero-order chi connectivity index (χ0) is 20.9. The van der Waals surface area contributed by atoms with Gasteiger partial charge in [-0.1, -0.05) is 11.6 Å². The minimum absolute atomic E-state index is 0.152. The van der Waals surface area contributed by atoms with Crippen molar-refractivity contribution >= 4 is 29.1 Å². The van der Waals surface area contributed by atoms with E-state index in [1.54, 1.807) is 19.1 Å². The van der Waals surface area contributed by atoms with E-state index in [1.807, 2.05) is 13.8 Å². The van der Waals surface area contributed by atoms with Gasteiger partial charge in [-0.25, -0.2) is 0 Å². The first-order chi connectivity index (χ1) is 13.2. The van der Waals surface area contributed by atoms with E-state index in [-0.39, 0.29) is 24.3 Å². The number of nitrogens with one attached hydrogen (secondary N) is 1. The number of benzene rings is 1. The summed E-state index contributed by atoms with van der Waals surface area (Å²) in [5.74, 6) is 0.489. The lowest BCUT2D eigenvalue weighted by molar-refractivity contribution is -0.127. The van der Waals surface area contributed by atoms with Crippen LogP contribution in [0.4, 0.5) is 5.69 Å². The van der Waals surface area contributed by atoms with Gasteiger partial charge in [-0.05, 0) is 39.7 Å². The van der Waals surface area contributed by atoms with Crippen LogP contribution in [-0.4, -0.2) is 50.8 Å². The molecule has 1 aromatic rings. The Morgan fingerprint density at radius 3 is 2.57 bits per heavy atom. The molecule has 8 heteroatoms. The third-order valence-electron chi connectivity index (χ3n) is 4.81. The molecule has 2 rings (SSSR count). The van der Waals surface area contributed by atoms with Crippen molar-refractivity contribution in [1.29, 1.82) is 0 Å². The summed E-state index contributed by atoms with van der Waals surface area (Å²) < 4.78 is 16.1. The van der Waals surface area contributed by atoms with Crippen molar-refractivity contribution in [2.24, 2.45) is 0 Å². The Balaban J connectivity index is 2.22. The monoisotopic (exact) mass is 412 g/mol. The Labute approximate surface area is 171 Å². The SMILES string of the molecule is COc1cc(OC)c(N2C(=O)CC[C@]2(C)C(=O)NCCCOC(C)C)cc1Cl. The second kappa shape index (κ2) is 9.47. The van der Waals surface area contributed by atoms with Crippen molar-refractivity contribution in [3.8, 4) is 11.5 Å². The highest BCUT2D eigenvalue weighted by molar-refractivity contribution is 6.32. The minimum atomic E-state index is -1.03. The number of amides is 2. The van der Waals surface area contributed by atoms with Gasteiger partial charge in [-0.15, -0.1) is 0 Å². The number of hydrogen-bond acceptors (Lipinski definition) is 5. The van der Waals surface area contributed by atoms with Crippen molar-refractivity contribution in [3.05, 3.63) is 17.2 Å². The van der Waals surface area contributed by atoms with E-state index < -0.39 is 5.54 Å². The zero-order valence-corrected chi connectivity index (χ0v) is 17.9. The normalized spacial score (nSPS) is 19.2. The number of rotatable bonds is 9. The van der Waals surface area contributed by atoms with Crippen molar-refractivity contribution in [1.82, 2.24) is 5.32 Å². The van der Waals surface area contributed by atoms with Crippen LogP contribution in [0.3, 0.4) is 0 Å². The van der Waals surface area contributed by atoms with Gasteiger partial charge in [0.25, 0.3) is 0 Å². The van der Waals surface area contributed by atoms with E-state index in [0.29, 0.717) is 48.2 Å². The molecule has 0 aromatic heterocycles. The molecule has 0 radical (unpaired) electrons. The molecule has 1 N–H and O–H groups in total. The highest BCUT2D eigenvalue weighted by atomic mass is 35.5. The second-order valence-electron chi connectivity index (χ2n) is 7.19. The minimum Gasteiger partial charge on any atom is -0.495 e. The smallest absolute Gasteiger partial charge is 0.246 e. The number of methoxy groups -OCH3 is 2. The highest BCUT2D eigenvalue weighted by Gasteiger charge is 2.49. The summed E-state index contributed by atoms with van der Waals surface area (Å²) in [4.78, 5) is 27.1. The van der Waals surface area contributed by atoms with Gasteiger partial charge in [0.05, 0.1) is 31.0 Å². The average molecular weight is 413 g/mol. The molecule has 1 atom stereocenters. The number of anilines is 1. The van der Waals surface area contributed by atoms with Crippen molar-refractivity contribution < 1.29 is 23.8 Å². The molecule has 28 heavy (non-hydrogen) atoms. The van der Waals surface area contributed by atoms with Gasteiger partial charge in [0, 0.05) is 25.6 Å². The Bertz CT molecular complexity index is 725. The summed E-state index contributed by atoms with van der Waals surface area (Å²) >= 11 is 6.27. The molecule has 1 aromatic carbocycles. The van der Waals surface area contributed by atoms with Crippen LogP contribution in [-0.2, 0) is 14.3 Å². The van der Waals surface area contributed by atoms with Gasteiger partial charge in [-0.3, -0.25) is 14.5 Å². The number of carbonyl (C=O) groups excluding carboxylic acids is 2. The van der Waals surface area contributed by atoms with Crippen LogP contribution in [0.5, 0.6) is 11.5 Å². The first-order valence-corrected chi connectivity index (χ1v) is 9.77. The largest absolute Gasteiger partial charge is 0.495 e. The Kier molecular flexibility index (Phi) is 7.55. The van der Waals surface area contributed by atoms with Crippen LogP contribution >= 0.6 is 11.6 Å². The molecule has 0 aliphatic carbocycles. The number of halogens is 1. The lowest BCUT2D eigenvalue weighted by Crippen LogP contribution is -2.55. The predicted octanol–water partition coefficient (Wildman–Crippen LogP) is 3.17.